The van der Waals surface area contributed by atoms with Crippen molar-refractivity contribution in [1.82, 2.24) is 0 Å². The van der Waals surface area contributed by atoms with Gasteiger partial charge in [-0.05, 0) is 30.2 Å². The highest BCUT2D eigenvalue weighted by Crippen LogP contribution is 2.44. The number of carboxylic acid groups (broad SMARTS) is 1. The Morgan fingerprint density at radius 1 is 1.24 bits per heavy atom. The number of ether oxygens (including phenoxy) is 2. The molecule has 0 radical (unpaired) electrons. The third-order valence-electron chi connectivity index (χ3n) is 3.67. The molecule has 2 aromatic carbocycles. The fourth-order valence-corrected chi connectivity index (χ4v) is 2.66. The Bertz CT molecular complexity index is 678. The average molecular weight is 284 g/mol. The molecular formula is C17H16O4. The standard InChI is InChI=1S/C17H16O4/c1-20-11-6-7-12-13-4-2-3-5-15(13)21-16(14(12)10-11)8-9-17(18)19/h2-7,10,16H,8-9H2,1H3,(H,18,19). The number of hydrogen-bond acceptors (Lipinski definition) is 3. The summed E-state index contributed by atoms with van der Waals surface area (Å²) in [6.45, 7) is 0. The van der Waals surface area contributed by atoms with Crippen molar-refractivity contribution in [3.8, 4) is 22.6 Å². The first-order chi connectivity index (χ1) is 10.2. The molecule has 0 saturated heterocycles. The van der Waals surface area contributed by atoms with Gasteiger partial charge in [0, 0.05) is 17.5 Å². The first kappa shape index (κ1) is 13.5. The van der Waals surface area contributed by atoms with Crippen LogP contribution in [0.15, 0.2) is 42.5 Å². The van der Waals surface area contributed by atoms with Crippen molar-refractivity contribution in [3.05, 3.63) is 48.0 Å². The molecule has 2 aromatic rings. The number of rotatable bonds is 4. The monoisotopic (exact) mass is 284 g/mol. The number of carbonyl (C=O) groups is 1. The molecule has 108 valence electrons. The fraction of sp³-hybridized carbons (Fsp3) is 0.235. The lowest BCUT2D eigenvalue weighted by molar-refractivity contribution is -0.137. The largest absolute Gasteiger partial charge is 0.497 e. The van der Waals surface area contributed by atoms with Crippen LogP contribution in [0.5, 0.6) is 11.5 Å². The lowest BCUT2D eigenvalue weighted by atomic mass is 9.91. The molecule has 1 unspecified atom stereocenters. The van der Waals surface area contributed by atoms with Crippen LogP contribution < -0.4 is 9.47 Å². The van der Waals surface area contributed by atoms with E-state index in [-0.39, 0.29) is 12.5 Å². The predicted molar refractivity (Wildman–Crippen MR) is 78.7 cm³/mol. The lowest BCUT2D eigenvalue weighted by Gasteiger charge is -2.29. The molecule has 21 heavy (non-hydrogen) atoms. The fourth-order valence-electron chi connectivity index (χ4n) is 2.66. The van der Waals surface area contributed by atoms with Gasteiger partial charge >= 0.3 is 5.97 Å². The average Bonchev–Trinajstić information content (AvgIpc) is 2.52. The highest BCUT2D eigenvalue weighted by Gasteiger charge is 2.26. The van der Waals surface area contributed by atoms with E-state index in [4.69, 9.17) is 14.6 Å². The lowest BCUT2D eigenvalue weighted by Crippen LogP contribution is -2.15. The van der Waals surface area contributed by atoms with E-state index in [1.165, 1.54) is 0 Å². The van der Waals surface area contributed by atoms with Crippen molar-refractivity contribution < 1.29 is 19.4 Å². The van der Waals surface area contributed by atoms with Crippen molar-refractivity contribution in [2.75, 3.05) is 7.11 Å². The summed E-state index contributed by atoms with van der Waals surface area (Å²) in [7, 11) is 1.62. The Hall–Kier alpha value is -2.49. The zero-order valence-corrected chi connectivity index (χ0v) is 11.7. The van der Waals surface area contributed by atoms with Crippen LogP contribution in [-0.4, -0.2) is 18.2 Å². The minimum atomic E-state index is -0.818. The second-order valence-electron chi connectivity index (χ2n) is 4.99. The van der Waals surface area contributed by atoms with E-state index < -0.39 is 5.97 Å². The van der Waals surface area contributed by atoms with Gasteiger partial charge in [-0.1, -0.05) is 24.3 Å². The molecule has 0 fully saturated rings. The Labute approximate surface area is 122 Å². The Morgan fingerprint density at radius 3 is 2.81 bits per heavy atom. The molecule has 1 aliphatic heterocycles. The second kappa shape index (κ2) is 5.48. The second-order valence-corrected chi connectivity index (χ2v) is 4.99. The molecule has 0 aliphatic carbocycles. The highest BCUT2D eigenvalue weighted by molar-refractivity contribution is 5.76. The SMILES string of the molecule is COc1ccc2c(c1)C(CCC(=O)O)Oc1ccccc1-2. The number of fused-ring (bicyclic) bond motifs is 3. The van der Waals surface area contributed by atoms with E-state index >= 15 is 0 Å². The molecule has 0 aromatic heterocycles. The van der Waals surface area contributed by atoms with Crippen LogP contribution in [0.3, 0.4) is 0 Å². The molecule has 4 nitrogen and oxygen atoms in total. The molecule has 0 spiro atoms. The van der Waals surface area contributed by atoms with Gasteiger partial charge in [-0.25, -0.2) is 0 Å². The molecule has 1 aliphatic rings. The predicted octanol–water partition coefficient (Wildman–Crippen LogP) is 3.66. The first-order valence-electron chi connectivity index (χ1n) is 6.85. The molecule has 1 N–H and O–H groups in total. The number of carboxylic acids is 1. The van der Waals surface area contributed by atoms with Gasteiger partial charge in [0.25, 0.3) is 0 Å². The molecule has 0 saturated carbocycles. The summed E-state index contributed by atoms with van der Waals surface area (Å²) < 4.78 is 11.3. The zero-order chi connectivity index (χ0) is 14.8. The summed E-state index contributed by atoms with van der Waals surface area (Å²) in [6.07, 6.45) is 0.244. The summed E-state index contributed by atoms with van der Waals surface area (Å²) in [6, 6.07) is 13.6. The number of aliphatic carboxylic acids is 1. The van der Waals surface area contributed by atoms with Gasteiger partial charge in [-0.15, -0.1) is 0 Å². The van der Waals surface area contributed by atoms with Gasteiger partial charge < -0.3 is 14.6 Å². The van der Waals surface area contributed by atoms with Gasteiger partial charge in [0.1, 0.15) is 17.6 Å². The molecular weight excluding hydrogens is 268 g/mol. The van der Waals surface area contributed by atoms with Crippen molar-refractivity contribution >= 4 is 5.97 Å². The van der Waals surface area contributed by atoms with Gasteiger partial charge in [-0.3, -0.25) is 4.79 Å². The number of para-hydroxylation sites is 1. The number of methoxy groups -OCH3 is 1. The normalized spacial score (nSPS) is 15.6. The minimum Gasteiger partial charge on any atom is -0.497 e. The summed E-state index contributed by atoms with van der Waals surface area (Å²) in [5.41, 5.74) is 3.09. The Kier molecular flexibility index (Phi) is 3.52. The van der Waals surface area contributed by atoms with E-state index in [2.05, 4.69) is 0 Å². The first-order valence-corrected chi connectivity index (χ1v) is 6.85. The maximum absolute atomic E-state index is 10.8. The summed E-state index contributed by atoms with van der Waals surface area (Å²) >= 11 is 0. The van der Waals surface area contributed by atoms with Crippen molar-refractivity contribution in [2.24, 2.45) is 0 Å². The van der Waals surface area contributed by atoms with Crippen LogP contribution in [0.4, 0.5) is 0 Å². The van der Waals surface area contributed by atoms with E-state index in [1.807, 2.05) is 42.5 Å². The number of benzene rings is 2. The molecule has 1 heterocycles. The van der Waals surface area contributed by atoms with Crippen LogP contribution in [0.2, 0.25) is 0 Å². The van der Waals surface area contributed by atoms with E-state index in [0.29, 0.717) is 6.42 Å². The minimum absolute atomic E-state index is 0.0729. The molecule has 0 bridgehead atoms. The molecule has 1 atom stereocenters. The van der Waals surface area contributed by atoms with Gasteiger partial charge in [0.2, 0.25) is 0 Å². The van der Waals surface area contributed by atoms with E-state index in [0.717, 1.165) is 28.2 Å². The highest BCUT2D eigenvalue weighted by atomic mass is 16.5. The summed E-state index contributed by atoms with van der Waals surface area (Å²) in [5, 5.41) is 8.91. The Morgan fingerprint density at radius 2 is 2.05 bits per heavy atom. The van der Waals surface area contributed by atoms with Crippen LogP contribution in [0.1, 0.15) is 24.5 Å². The zero-order valence-electron chi connectivity index (χ0n) is 11.7. The molecule has 4 heteroatoms. The maximum atomic E-state index is 10.8. The molecule has 3 rings (SSSR count). The quantitative estimate of drug-likeness (QED) is 0.930. The van der Waals surface area contributed by atoms with Crippen molar-refractivity contribution in [3.63, 3.8) is 0 Å². The topological polar surface area (TPSA) is 55.8 Å². The van der Waals surface area contributed by atoms with Gasteiger partial charge in [-0.2, -0.15) is 0 Å². The van der Waals surface area contributed by atoms with Crippen molar-refractivity contribution in [1.29, 1.82) is 0 Å². The Balaban J connectivity index is 2.05. The van der Waals surface area contributed by atoms with E-state index in [9.17, 15) is 4.79 Å². The summed E-state index contributed by atoms with van der Waals surface area (Å²) in [5.74, 6) is 0.726. The third kappa shape index (κ3) is 2.57. The van der Waals surface area contributed by atoms with Crippen LogP contribution in [-0.2, 0) is 4.79 Å². The van der Waals surface area contributed by atoms with Gasteiger partial charge in [0.05, 0.1) is 7.11 Å². The maximum Gasteiger partial charge on any atom is 0.303 e. The molecule has 0 amide bonds. The smallest absolute Gasteiger partial charge is 0.303 e. The van der Waals surface area contributed by atoms with Crippen LogP contribution in [0, 0.1) is 0 Å². The third-order valence-corrected chi connectivity index (χ3v) is 3.67. The van der Waals surface area contributed by atoms with Crippen LogP contribution >= 0.6 is 0 Å². The van der Waals surface area contributed by atoms with E-state index in [1.54, 1.807) is 7.11 Å². The van der Waals surface area contributed by atoms with Crippen molar-refractivity contribution in [2.45, 2.75) is 18.9 Å². The van der Waals surface area contributed by atoms with Crippen LogP contribution in [0.25, 0.3) is 11.1 Å². The van der Waals surface area contributed by atoms with Gasteiger partial charge in [0.15, 0.2) is 0 Å². The summed E-state index contributed by atoms with van der Waals surface area (Å²) in [4.78, 5) is 10.8. The number of hydrogen-bond donors (Lipinski definition) is 1.